The molecule has 0 unspecified atom stereocenters. The lowest BCUT2D eigenvalue weighted by atomic mass is 10.1. The van der Waals surface area contributed by atoms with Crippen LogP contribution in [-0.2, 0) is 23.0 Å². The van der Waals surface area contributed by atoms with Crippen LogP contribution >= 0.6 is 0 Å². The molecule has 0 radical (unpaired) electrons. The number of benzene rings is 2. The Morgan fingerprint density at radius 2 is 2.00 bits per heavy atom. The molecule has 0 bridgehead atoms. The number of non-ortho nitro benzene ring substituents is 1. The van der Waals surface area contributed by atoms with Crippen LogP contribution in [0.5, 0.6) is 0 Å². The number of fused-ring (bicyclic) bond motifs is 1. The Labute approximate surface area is 160 Å². The van der Waals surface area contributed by atoms with Crippen molar-refractivity contribution in [2.24, 2.45) is 7.05 Å². The van der Waals surface area contributed by atoms with Crippen LogP contribution in [0.3, 0.4) is 0 Å². The molecular weight excluding hydrogens is 362 g/mol. The summed E-state index contributed by atoms with van der Waals surface area (Å²) in [6.07, 6.45) is -0.338. The predicted molar refractivity (Wildman–Crippen MR) is 103 cm³/mol. The van der Waals surface area contributed by atoms with Gasteiger partial charge < -0.3 is 4.74 Å². The lowest BCUT2D eigenvalue weighted by Gasteiger charge is -2.14. The zero-order chi connectivity index (χ0) is 20.3. The highest BCUT2D eigenvalue weighted by atomic mass is 16.6. The number of aromatic nitrogens is 2. The monoisotopic (exact) mass is 381 g/mol. The molecule has 3 rings (SSSR count). The number of para-hydroxylation sites is 1. The molecule has 8 heteroatoms. The van der Waals surface area contributed by atoms with Gasteiger partial charge in [-0.1, -0.05) is 24.3 Å². The van der Waals surface area contributed by atoms with Crippen molar-refractivity contribution in [2.45, 2.75) is 25.9 Å². The van der Waals surface area contributed by atoms with Crippen molar-refractivity contribution < 1.29 is 14.5 Å². The zero-order valence-corrected chi connectivity index (χ0v) is 15.5. The third-order valence-electron chi connectivity index (χ3n) is 4.49. The molecule has 3 aromatic rings. The number of rotatable bonds is 6. The van der Waals surface area contributed by atoms with E-state index in [1.165, 1.54) is 16.7 Å². The first-order valence-electron chi connectivity index (χ1n) is 8.75. The third kappa shape index (κ3) is 4.06. The fourth-order valence-corrected chi connectivity index (χ4v) is 2.92. The predicted octanol–water partition coefficient (Wildman–Crippen LogP) is 3.08. The highest BCUT2D eigenvalue weighted by Crippen LogP contribution is 2.22. The Bertz CT molecular complexity index is 1110. The number of carbonyl (C=O) groups is 1. The normalized spacial score (nSPS) is 11.9. The average Bonchev–Trinajstić information content (AvgIpc) is 2.69. The molecule has 0 spiro atoms. The first kappa shape index (κ1) is 19.2. The standard InChI is InChI=1S/C20H19N3O5/c1-13(14-6-5-7-15(12-14)23(26)27)28-19(24)11-10-18-21-17-9-4-3-8-16(17)20(25)22(18)2/h3-9,12-13H,10-11H2,1-2H3/t13-/m0/s1. The van der Waals surface area contributed by atoms with E-state index in [0.29, 0.717) is 22.3 Å². The summed E-state index contributed by atoms with van der Waals surface area (Å²) in [5.74, 6) is 0.0186. The van der Waals surface area contributed by atoms with E-state index >= 15 is 0 Å². The fraction of sp³-hybridized carbons (Fsp3) is 0.250. The molecule has 0 aliphatic rings. The van der Waals surface area contributed by atoms with Crippen molar-refractivity contribution >= 4 is 22.6 Å². The molecule has 1 atom stereocenters. The molecule has 1 aromatic heterocycles. The number of esters is 1. The minimum Gasteiger partial charge on any atom is -0.458 e. The van der Waals surface area contributed by atoms with E-state index in [9.17, 15) is 19.7 Å². The summed E-state index contributed by atoms with van der Waals surface area (Å²) in [5.41, 5.74) is 0.896. The number of hydrogen-bond acceptors (Lipinski definition) is 6. The quantitative estimate of drug-likeness (QED) is 0.369. The fourth-order valence-electron chi connectivity index (χ4n) is 2.92. The maximum atomic E-state index is 12.4. The number of aryl methyl sites for hydroxylation is 1. The molecule has 0 amide bonds. The Balaban J connectivity index is 1.68. The molecule has 28 heavy (non-hydrogen) atoms. The smallest absolute Gasteiger partial charge is 0.306 e. The Morgan fingerprint density at radius 3 is 2.75 bits per heavy atom. The van der Waals surface area contributed by atoms with E-state index in [-0.39, 0.29) is 24.1 Å². The van der Waals surface area contributed by atoms with E-state index < -0.39 is 17.0 Å². The maximum Gasteiger partial charge on any atom is 0.306 e. The Kier molecular flexibility index (Phi) is 5.49. The van der Waals surface area contributed by atoms with Gasteiger partial charge in [-0.3, -0.25) is 24.3 Å². The van der Waals surface area contributed by atoms with Gasteiger partial charge in [0.25, 0.3) is 11.2 Å². The zero-order valence-electron chi connectivity index (χ0n) is 15.5. The second kappa shape index (κ2) is 7.99. The van der Waals surface area contributed by atoms with Crippen molar-refractivity contribution in [1.82, 2.24) is 9.55 Å². The number of carbonyl (C=O) groups excluding carboxylic acids is 1. The van der Waals surface area contributed by atoms with Crippen LogP contribution in [0.25, 0.3) is 10.9 Å². The van der Waals surface area contributed by atoms with Crippen molar-refractivity contribution in [3.05, 3.63) is 80.4 Å². The maximum absolute atomic E-state index is 12.4. The van der Waals surface area contributed by atoms with Crippen LogP contribution in [0.1, 0.15) is 30.8 Å². The van der Waals surface area contributed by atoms with E-state index in [1.807, 2.05) is 0 Å². The lowest BCUT2D eigenvalue weighted by Crippen LogP contribution is -2.23. The van der Waals surface area contributed by atoms with Gasteiger partial charge in [0, 0.05) is 25.6 Å². The summed E-state index contributed by atoms with van der Waals surface area (Å²) < 4.78 is 6.80. The highest BCUT2D eigenvalue weighted by Gasteiger charge is 2.16. The van der Waals surface area contributed by atoms with Gasteiger partial charge >= 0.3 is 5.97 Å². The van der Waals surface area contributed by atoms with E-state index in [1.54, 1.807) is 50.4 Å². The molecule has 0 aliphatic carbocycles. The van der Waals surface area contributed by atoms with Crippen LogP contribution < -0.4 is 5.56 Å². The first-order chi connectivity index (χ1) is 13.4. The van der Waals surface area contributed by atoms with Gasteiger partial charge in [-0.25, -0.2) is 4.98 Å². The van der Waals surface area contributed by atoms with Gasteiger partial charge in [0.1, 0.15) is 11.9 Å². The first-order valence-corrected chi connectivity index (χ1v) is 8.75. The average molecular weight is 381 g/mol. The molecule has 0 aliphatic heterocycles. The summed E-state index contributed by atoms with van der Waals surface area (Å²) in [7, 11) is 1.62. The number of nitrogens with zero attached hydrogens (tertiary/aromatic N) is 3. The number of ether oxygens (including phenoxy) is 1. The topological polar surface area (TPSA) is 104 Å². The van der Waals surface area contributed by atoms with Crippen molar-refractivity contribution in [1.29, 1.82) is 0 Å². The molecule has 2 aromatic carbocycles. The minimum atomic E-state index is -0.624. The molecule has 1 heterocycles. The van der Waals surface area contributed by atoms with Crippen molar-refractivity contribution in [2.75, 3.05) is 0 Å². The lowest BCUT2D eigenvalue weighted by molar-refractivity contribution is -0.385. The highest BCUT2D eigenvalue weighted by molar-refractivity contribution is 5.77. The Morgan fingerprint density at radius 1 is 1.25 bits per heavy atom. The summed E-state index contributed by atoms with van der Waals surface area (Å²) in [4.78, 5) is 39.4. The second-order valence-electron chi connectivity index (χ2n) is 6.39. The summed E-state index contributed by atoms with van der Waals surface area (Å²) in [6.45, 7) is 1.65. The van der Waals surface area contributed by atoms with Crippen molar-refractivity contribution in [3.8, 4) is 0 Å². The van der Waals surface area contributed by atoms with Crippen LogP contribution in [-0.4, -0.2) is 20.4 Å². The van der Waals surface area contributed by atoms with Gasteiger partial charge in [0.15, 0.2) is 0 Å². The van der Waals surface area contributed by atoms with E-state index in [4.69, 9.17) is 4.74 Å². The molecular formula is C20H19N3O5. The van der Waals surface area contributed by atoms with Crippen LogP contribution in [0.15, 0.2) is 53.3 Å². The minimum absolute atomic E-state index is 0.0396. The van der Waals surface area contributed by atoms with Crippen LogP contribution in [0.2, 0.25) is 0 Å². The SMILES string of the molecule is C[C@H](OC(=O)CCc1nc2ccccc2c(=O)n1C)c1cccc([N+](=O)[O-])c1. The Hall–Kier alpha value is -3.55. The van der Waals surface area contributed by atoms with Crippen molar-refractivity contribution in [3.63, 3.8) is 0 Å². The number of nitro benzene ring substituents is 1. The summed E-state index contributed by atoms with van der Waals surface area (Å²) in [6, 6.07) is 13.0. The number of nitro groups is 1. The largest absolute Gasteiger partial charge is 0.458 e. The van der Waals surface area contributed by atoms with Gasteiger partial charge in [0.2, 0.25) is 0 Å². The second-order valence-corrected chi connectivity index (χ2v) is 6.39. The molecule has 0 fully saturated rings. The summed E-state index contributed by atoms with van der Waals surface area (Å²) in [5, 5.41) is 11.4. The van der Waals surface area contributed by atoms with Crippen LogP contribution in [0, 0.1) is 10.1 Å². The number of hydrogen-bond donors (Lipinski definition) is 0. The molecule has 0 saturated heterocycles. The van der Waals surface area contributed by atoms with E-state index in [2.05, 4.69) is 4.98 Å². The molecule has 8 nitrogen and oxygen atoms in total. The van der Waals surface area contributed by atoms with Gasteiger partial charge in [-0.05, 0) is 24.6 Å². The van der Waals surface area contributed by atoms with E-state index in [0.717, 1.165) is 0 Å². The third-order valence-corrected chi connectivity index (χ3v) is 4.49. The van der Waals surface area contributed by atoms with Gasteiger partial charge in [0.05, 0.1) is 22.2 Å². The molecule has 0 saturated carbocycles. The molecule has 0 N–H and O–H groups in total. The van der Waals surface area contributed by atoms with Gasteiger partial charge in [-0.15, -0.1) is 0 Å². The van der Waals surface area contributed by atoms with Crippen LogP contribution in [0.4, 0.5) is 5.69 Å². The summed E-state index contributed by atoms with van der Waals surface area (Å²) >= 11 is 0. The van der Waals surface area contributed by atoms with Gasteiger partial charge in [-0.2, -0.15) is 0 Å². The molecule has 144 valence electrons.